The largest absolute Gasteiger partial charge is 0.307 e. The van der Waals surface area contributed by atoms with Gasteiger partial charge in [-0.05, 0) is 39.8 Å². The highest BCUT2D eigenvalue weighted by Crippen LogP contribution is 2.17. The number of likely N-dealkylation sites (tertiary alicyclic amines) is 1. The normalized spacial score (nSPS) is 19.4. The standard InChI is InChI=1S/C13H23N3S/c1-11-10-17-13(15-11)12(2)14-6-9-16-7-4-3-5-8-16/h10,12,14H,3-9H2,1-2H3/t12-/m0/s1. The number of thiazole rings is 1. The fraction of sp³-hybridized carbons (Fsp3) is 0.769. The van der Waals surface area contributed by atoms with Crippen molar-refractivity contribution in [1.82, 2.24) is 15.2 Å². The molecule has 0 spiro atoms. The molecule has 17 heavy (non-hydrogen) atoms. The molecule has 0 saturated carbocycles. The van der Waals surface area contributed by atoms with Gasteiger partial charge in [0.2, 0.25) is 0 Å². The summed E-state index contributed by atoms with van der Waals surface area (Å²) in [5.41, 5.74) is 1.13. The van der Waals surface area contributed by atoms with E-state index in [-0.39, 0.29) is 0 Å². The smallest absolute Gasteiger partial charge is 0.110 e. The molecule has 1 aromatic rings. The van der Waals surface area contributed by atoms with Crippen LogP contribution in [0.1, 0.15) is 42.9 Å². The molecule has 0 aliphatic carbocycles. The van der Waals surface area contributed by atoms with E-state index < -0.39 is 0 Å². The molecule has 0 bridgehead atoms. The van der Waals surface area contributed by atoms with Crippen molar-refractivity contribution in [3.05, 3.63) is 16.1 Å². The summed E-state index contributed by atoms with van der Waals surface area (Å²) in [6.07, 6.45) is 4.17. The van der Waals surface area contributed by atoms with Crippen molar-refractivity contribution in [3.8, 4) is 0 Å². The van der Waals surface area contributed by atoms with Crippen LogP contribution in [0.2, 0.25) is 0 Å². The van der Waals surface area contributed by atoms with E-state index >= 15 is 0 Å². The van der Waals surface area contributed by atoms with Crippen LogP contribution >= 0.6 is 11.3 Å². The summed E-state index contributed by atoms with van der Waals surface area (Å²) in [7, 11) is 0. The third-order valence-electron chi connectivity index (χ3n) is 3.33. The fourth-order valence-electron chi connectivity index (χ4n) is 2.28. The molecule has 0 radical (unpaired) electrons. The van der Waals surface area contributed by atoms with Crippen LogP contribution in [0.3, 0.4) is 0 Å². The minimum atomic E-state index is 0.387. The molecular weight excluding hydrogens is 230 g/mol. The Morgan fingerprint density at radius 1 is 1.41 bits per heavy atom. The summed E-state index contributed by atoms with van der Waals surface area (Å²) in [5, 5.41) is 6.90. The summed E-state index contributed by atoms with van der Waals surface area (Å²) in [4.78, 5) is 7.08. The predicted molar refractivity (Wildman–Crippen MR) is 73.6 cm³/mol. The molecule has 1 aliphatic heterocycles. The topological polar surface area (TPSA) is 28.2 Å². The molecule has 0 amide bonds. The highest BCUT2D eigenvalue weighted by Gasteiger charge is 2.11. The van der Waals surface area contributed by atoms with E-state index in [1.807, 2.05) is 0 Å². The van der Waals surface area contributed by atoms with Crippen LogP contribution in [-0.2, 0) is 0 Å². The van der Waals surface area contributed by atoms with E-state index in [0.29, 0.717) is 6.04 Å². The third-order valence-corrected chi connectivity index (χ3v) is 4.48. The lowest BCUT2D eigenvalue weighted by Gasteiger charge is -2.26. The molecule has 0 unspecified atom stereocenters. The van der Waals surface area contributed by atoms with Crippen LogP contribution < -0.4 is 5.32 Å². The first-order valence-electron chi connectivity index (χ1n) is 6.63. The van der Waals surface area contributed by atoms with Gasteiger partial charge < -0.3 is 10.2 Å². The summed E-state index contributed by atoms with van der Waals surface area (Å²) >= 11 is 1.76. The average molecular weight is 253 g/mol. The number of nitrogens with one attached hydrogen (secondary N) is 1. The van der Waals surface area contributed by atoms with Gasteiger partial charge in [-0.3, -0.25) is 0 Å². The van der Waals surface area contributed by atoms with Gasteiger partial charge in [0.15, 0.2) is 0 Å². The molecule has 96 valence electrons. The van der Waals surface area contributed by atoms with E-state index in [1.54, 1.807) is 11.3 Å². The fourth-order valence-corrected chi connectivity index (χ4v) is 3.11. The Morgan fingerprint density at radius 3 is 2.82 bits per heavy atom. The van der Waals surface area contributed by atoms with Crippen LogP contribution in [0, 0.1) is 6.92 Å². The Bertz CT molecular complexity index is 331. The molecule has 1 atom stereocenters. The van der Waals surface area contributed by atoms with Crippen LogP contribution in [0.4, 0.5) is 0 Å². The monoisotopic (exact) mass is 253 g/mol. The first-order valence-corrected chi connectivity index (χ1v) is 7.51. The maximum absolute atomic E-state index is 4.52. The van der Waals surface area contributed by atoms with Crippen LogP contribution in [-0.4, -0.2) is 36.1 Å². The van der Waals surface area contributed by atoms with E-state index in [1.165, 1.54) is 43.9 Å². The number of aryl methyl sites for hydroxylation is 1. The second-order valence-corrected chi connectivity index (χ2v) is 5.79. The van der Waals surface area contributed by atoms with Gasteiger partial charge in [0.1, 0.15) is 5.01 Å². The van der Waals surface area contributed by atoms with E-state index in [9.17, 15) is 0 Å². The molecule has 0 aromatic carbocycles. The van der Waals surface area contributed by atoms with Gasteiger partial charge in [-0.1, -0.05) is 6.42 Å². The van der Waals surface area contributed by atoms with Gasteiger partial charge >= 0.3 is 0 Å². The molecule has 1 N–H and O–H groups in total. The van der Waals surface area contributed by atoms with Crippen LogP contribution in [0.15, 0.2) is 5.38 Å². The summed E-state index contributed by atoms with van der Waals surface area (Å²) in [5.74, 6) is 0. The molecular formula is C13H23N3S. The number of rotatable bonds is 5. The first kappa shape index (κ1) is 13.0. The van der Waals surface area contributed by atoms with Crippen molar-refractivity contribution in [3.63, 3.8) is 0 Å². The second-order valence-electron chi connectivity index (χ2n) is 4.91. The van der Waals surface area contributed by atoms with Crippen molar-refractivity contribution in [2.45, 2.75) is 39.2 Å². The van der Waals surface area contributed by atoms with E-state index in [2.05, 4.69) is 34.4 Å². The zero-order valence-corrected chi connectivity index (χ0v) is 11.7. The molecule has 1 aliphatic rings. The molecule has 1 fully saturated rings. The van der Waals surface area contributed by atoms with Crippen LogP contribution in [0.5, 0.6) is 0 Å². The van der Waals surface area contributed by atoms with Crippen molar-refractivity contribution in [2.75, 3.05) is 26.2 Å². The number of hydrogen-bond donors (Lipinski definition) is 1. The molecule has 3 nitrogen and oxygen atoms in total. The molecule has 1 saturated heterocycles. The van der Waals surface area contributed by atoms with Gasteiger partial charge in [0.25, 0.3) is 0 Å². The molecule has 2 heterocycles. The van der Waals surface area contributed by atoms with Gasteiger partial charge in [-0.2, -0.15) is 0 Å². The third kappa shape index (κ3) is 4.05. The summed E-state index contributed by atoms with van der Waals surface area (Å²) in [6, 6.07) is 0.387. The van der Waals surface area contributed by atoms with Gasteiger partial charge in [-0.15, -0.1) is 11.3 Å². The predicted octanol–water partition coefficient (Wildman–Crippen LogP) is 2.59. The lowest BCUT2D eigenvalue weighted by Crippen LogP contribution is -2.36. The van der Waals surface area contributed by atoms with Gasteiger partial charge in [-0.25, -0.2) is 4.98 Å². The molecule has 1 aromatic heterocycles. The number of aromatic nitrogens is 1. The Kier molecular flexibility index (Phi) is 4.95. The van der Waals surface area contributed by atoms with Gasteiger partial charge in [0, 0.05) is 24.2 Å². The zero-order valence-electron chi connectivity index (χ0n) is 10.9. The summed E-state index contributed by atoms with van der Waals surface area (Å²) in [6.45, 7) is 9.07. The quantitative estimate of drug-likeness (QED) is 0.874. The second kappa shape index (κ2) is 6.47. The Labute approximate surface area is 108 Å². The minimum Gasteiger partial charge on any atom is -0.307 e. The van der Waals surface area contributed by atoms with Crippen molar-refractivity contribution < 1.29 is 0 Å². The van der Waals surface area contributed by atoms with E-state index in [0.717, 1.165) is 12.2 Å². The maximum atomic E-state index is 4.52. The van der Waals surface area contributed by atoms with Crippen molar-refractivity contribution in [1.29, 1.82) is 0 Å². The van der Waals surface area contributed by atoms with Crippen molar-refractivity contribution >= 4 is 11.3 Å². The SMILES string of the molecule is Cc1csc([C@H](C)NCCN2CCCCC2)n1. The van der Waals surface area contributed by atoms with Gasteiger partial charge in [0.05, 0.1) is 6.04 Å². The lowest BCUT2D eigenvalue weighted by atomic mass is 10.1. The Hall–Kier alpha value is -0.450. The zero-order chi connectivity index (χ0) is 12.1. The molecule has 2 rings (SSSR count). The molecule has 4 heteroatoms. The number of piperidine rings is 1. The summed E-state index contributed by atoms with van der Waals surface area (Å²) < 4.78 is 0. The number of nitrogens with zero attached hydrogens (tertiary/aromatic N) is 2. The highest BCUT2D eigenvalue weighted by atomic mass is 32.1. The Morgan fingerprint density at radius 2 is 2.18 bits per heavy atom. The van der Waals surface area contributed by atoms with E-state index in [4.69, 9.17) is 0 Å². The first-order chi connectivity index (χ1) is 8.25. The maximum Gasteiger partial charge on any atom is 0.110 e. The Balaban J connectivity index is 1.67. The van der Waals surface area contributed by atoms with Crippen molar-refractivity contribution in [2.24, 2.45) is 0 Å². The number of hydrogen-bond acceptors (Lipinski definition) is 4. The van der Waals surface area contributed by atoms with Crippen LogP contribution in [0.25, 0.3) is 0 Å². The lowest BCUT2D eigenvalue weighted by molar-refractivity contribution is 0.227. The minimum absolute atomic E-state index is 0.387. The average Bonchev–Trinajstić information content (AvgIpc) is 2.77. The highest BCUT2D eigenvalue weighted by molar-refractivity contribution is 7.09.